The van der Waals surface area contributed by atoms with Gasteiger partial charge in [0, 0.05) is 5.56 Å². The Bertz CT molecular complexity index is 781. The molecule has 0 spiro atoms. The highest BCUT2D eigenvalue weighted by atomic mass is 35.5. The summed E-state index contributed by atoms with van der Waals surface area (Å²) in [5.74, 6) is 1.31. The second-order valence-electron chi connectivity index (χ2n) is 4.41. The summed E-state index contributed by atoms with van der Waals surface area (Å²) in [6.45, 7) is 0. The van der Waals surface area contributed by atoms with Gasteiger partial charge in [-0.3, -0.25) is 4.79 Å². The Balaban J connectivity index is 1.92. The molecule has 3 aromatic rings. The molecule has 20 heavy (non-hydrogen) atoms. The molecule has 0 bridgehead atoms. The SMILES string of the molecule is O=C(Cl)c1cccc(Oc2ccc3ccccc3c2)c1. The highest BCUT2D eigenvalue weighted by Crippen LogP contribution is 2.26. The van der Waals surface area contributed by atoms with E-state index in [4.69, 9.17) is 16.3 Å². The molecule has 0 aliphatic carbocycles. The number of hydrogen-bond donors (Lipinski definition) is 0. The zero-order valence-corrected chi connectivity index (χ0v) is 11.3. The normalized spacial score (nSPS) is 10.4. The van der Waals surface area contributed by atoms with E-state index in [1.54, 1.807) is 24.3 Å². The molecule has 2 nitrogen and oxygen atoms in total. The Labute approximate surface area is 121 Å². The average molecular weight is 283 g/mol. The molecule has 98 valence electrons. The Morgan fingerprint density at radius 1 is 0.800 bits per heavy atom. The van der Waals surface area contributed by atoms with Crippen LogP contribution in [0.1, 0.15) is 10.4 Å². The van der Waals surface area contributed by atoms with Gasteiger partial charge in [-0.25, -0.2) is 0 Å². The van der Waals surface area contributed by atoms with E-state index in [1.165, 1.54) is 0 Å². The van der Waals surface area contributed by atoms with Crippen molar-refractivity contribution in [3.05, 3.63) is 72.3 Å². The fraction of sp³-hybridized carbons (Fsp3) is 0. The molecule has 0 heterocycles. The fourth-order valence-corrected chi connectivity index (χ4v) is 2.17. The molecule has 0 aliphatic rings. The smallest absolute Gasteiger partial charge is 0.252 e. The molecule has 0 amide bonds. The summed E-state index contributed by atoms with van der Waals surface area (Å²) in [4.78, 5) is 11.1. The molecule has 3 aromatic carbocycles. The predicted octanol–water partition coefficient (Wildman–Crippen LogP) is 5.01. The second-order valence-corrected chi connectivity index (χ2v) is 4.76. The third-order valence-electron chi connectivity index (χ3n) is 3.02. The van der Waals surface area contributed by atoms with Crippen LogP contribution in [0.2, 0.25) is 0 Å². The minimum atomic E-state index is -0.492. The molecule has 0 N–H and O–H groups in total. The standard InChI is InChI=1S/C17H11ClO2/c18-17(19)14-6-3-7-15(11-14)20-16-9-8-12-4-1-2-5-13(12)10-16/h1-11H. The van der Waals surface area contributed by atoms with Crippen molar-refractivity contribution in [3.63, 3.8) is 0 Å². The summed E-state index contributed by atoms with van der Waals surface area (Å²) in [5, 5.41) is 1.77. The number of carbonyl (C=O) groups excluding carboxylic acids is 1. The van der Waals surface area contributed by atoms with Crippen molar-refractivity contribution in [3.8, 4) is 11.5 Å². The first-order chi connectivity index (χ1) is 9.72. The Kier molecular flexibility index (Phi) is 3.40. The lowest BCUT2D eigenvalue weighted by molar-refractivity contribution is 0.108. The van der Waals surface area contributed by atoms with Crippen molar-refractivity contribution in [1.29, 1.82) is 0 Å². The van der Waals surface area contributed by atoms with Crippen molar-refractivity contribution in [2.75, 3.05) is 0 Å². The summed E-state index contributed by atoms with van der Waals surface area (Å²) in [6, 6.07) is 20.7. The molecule has 0 saturated heterocycles. The summed E-state index contributed by atoms with van der Waals surface area (Å²) >= 11 is 5.46. The zero-order valence-electron chi connectivity index (χ0n) is 10.5. The van der Waals surface area contributed by atoms with Crippen LogP contribution in [0, 0.1) is 0 Å². The molecule has 0 atom stereocenters. The van der Waals surface area contributed by atoms with E-state index in [9.17, 15) is 4.79 Å². The van der Waals surface area contributed by atoms with Crippen LogP contribution in [0.5, 0.6) is 11.5 Å². The lowest BCUT2D eigenvalue weighted by atomic mass is 10.1. The van der Waals surface area contributed by atoms with Gasteiger partial charge in [0.25, 0.3) is 5.24 Å². The van der Waals surface area contributed by atoms with Gasteiger partial charge in [-0.05, 0) is 52.7 Å². The molecule has 0 fully saturated rings. The maximum Gasteiger partial charge on any atom is 0.252 e. The third kappa shape index (κ3) is 2.65. The summed E-state index contributed by atoms with van der Waals surface area (Å²) < 4.78 is 5.77. The summed E-state index contributed by atoms with van der Waals surface area (Å²) in [5.41, 5.74) is 0.421. The van der Waals surface area contributed by atoms with Crippen LogP contribution in [-0.2, 0) is 0 Å². The summed E-state index contributed by atoms with van der Waals surface area (Å²) in [7, 11) is 0. The van der Waals surface area contributed by atoms with Gasteiger partial charge in [-0.2, -0.15) is 0 Å². The highest BCUT2D eigenvalue weighted by Gasteiger charge is 2.04. The van der Waals surface area contributed by atoms with Crippen LogP contribution in [0.15, 0.2) is 66.7 Å². The van der Waals surface area contributed by atoms with Gasteiger partial charge in [0.15, 0.2) is 0 Å². The molecule has 3 heteroatoms. The van der Waals surface area contributed by atoms with Gasteiger partial charge >= 0.3 is 0 Å². The number of benzene rings is 3. The molecular weight excluding hydrogens is 272 g/mol. The van der Waals surface area contributed by atoms with Gasteiger partial charge in [0.05, 0.1) is 0 Å². The third-order valence-corrected chi connectivity index (χ3v) is 3.24. The van der Waals surface area contributed by atoms with Gasteiger partial charge in [-0.1, -0.05) is 36.4 Å². The average Bonchev–Trinajstić information content (AvgIpc) is 2.47. The minimum Gasteiger partial charge on any atom is -0.457 e. The number of fused-ring (bicyclic) bond motifs is 1. The molecule has 0 aliphatic heterocycles. The maximum atomic E-state index is 11.1. The Hall–Kier alpha value is -2.32. The molecule has 3 rings (SSSR count). The Morgan fingerprint density at radius 2 is 1.55 bits per heavy atom. The fourth-order valence-electron chi connectivity index (χ4n) is 2.05. The molecular formula is C17H11ClO2. The molecule has 0 radical (unpaired) electrons. The zero-order chi connectivity index (χ0) is 13.9. The number of hydrogen-bond acceptors (Lipinski definition) is 2. The first kappa shape index (κ1) is 12.7. The van der Waals surface area contributed by atoms with E-state index in [1.807, 2.05) is 42.5 Å². The highest BCUT2D eigenvalue weighted by molar-refractivity contribution is 6.67. The quantitative estimate of drug-likeness (QED) is 0.631. The monoisotopic (exact) mass is 282 g/mol. The first-order valence-corrected chi connectivity index (χ1v) is 6.57. The predicted molar refractivity (Wildman–Crippen MR) is 80.6 cm³/mol. The maximum absolute atomic E-state index is 11.1. The topological polar surface area (TPSA) is 26.3 Å². The van der Waals surface area contributed by atoms with Crippen LogP contribution < -0.4 is 4.74 Å². The second kappa shape index (κ2) is 5.35. The van der Waals surface area contributed by atoms with Gasteiger partial charge < -0.3 is 4.74 Å². The largest absolute Gasteiger partial charge is 0.457 e. The van der Waals surface area contributed by atoms with Crippen LogP contribution in [0.4, 0.5) is 0 Å². The van der Waals surface area contributed by atoms with Gasteiger partial charge in [0.1, 0.15) is 11.5 Å². The van der Waals surface area contributed by atoms with Crippen molar-refractivity contribution >= 4 is 27.6 Å². The van der Waals surface area contributed by atoms with Crippen LogP contribution in [-0.4, -0.2) is 5.24 Å². The van der Waals surface area contributed by atoms with Crippen molar-refractivity contribution < 1.29 is 9.53 Å². The lowest BCUT2D eigenvalue weighted by Gasteiger charge is -2.07. The van der Waals surface area contributed by atoms with E-state index in [0.717, 1.165) is 16.5 Å². The van der Waals surface area contributed by atoms with Crippen molar-refractivity contribution in [2.45, 2.75) is 0 Å². The van der Waals surface area contributed by atoms with Crippen molar-refractivity contribution in [1.82, 2.24) is 0 Å². The van der Waals surface area contributed by atoms with E-state index in [0.29, 0.717) is 11.3 Å². The first-order valence-electron chi connectivity index (χ1n) is 6.19. The lowest BCUT2D eigenvalue weighted by Crippen LogP contribution is -1.90. The van der Waals surface area contributed by atoms with E-state index in [-0.39, 0.29) is 0 Å². The van der Waals surface area contributed by atoms with Crippen LogP contribution in [0.25, 0.3) is 10.8 Å². The molecule has 0 saturated carbocycles. The van der Waals surface area contributed by atoms with E-state index >= 15 is 0 Å². The van der Waals surface area contributed by atoms with Gasteiger partial charge in [-0.15, -0.1) is 0 Å². The number of carbonyl (C=O) groups is 1. The van der Waals surface area contributed by atoms with E-state index < -0.39 is 5.24 Å². The molecule has 0 unspecified atom stereocenters. The van der Waals surface area contributed by atoms with E-state index in [2.05, 4.69) is 0 Å². The van der Waals surface area contributed by atoms with Gasteiger partial charge in [0.2, 0.25) is 0 Å². The number of ether oxygens (including phenoxy) is 1. The Morgan fingerprint density at radius 3 is 2.35 bits per heavy atom. The summed E-state index contributed by atoms with van der Waals surface area (Å²) in [6.07, 6.45) is 0. The number of halogens is 1. The van der Waals surface area contributed by atoms with Crippen molar-refractivity contribution in [2.24, 2.45) is 0 Å². The minimum absolute atomic E-state index is 0.421. The van der Waals surface area contributed by atoms with Crippen LogP contribution >= 0.6 is 11.6 Å². The van der Waals surface area contributed by atoms with Crippen LogP contribution in [0.3, 0.4) is 0 Å². The molecule has 0 aromatic heterocycles. The number of rotatable bonds is 3.